The molecule has 5 aliphatic rings. The van der Waals surface area contributed by atoms with Crippen molar-refractivity contribution >= 4 is 41.6 Å². The fourth-order valence-corrected chi connectivity index (χ4v) is 8.60. The highest BCUT2D eigenvalue weighted by atomic mass is 16.7. The Labute approximate surface area is 343 Å². The first kappa shape index (κ1) is 43.0. The molecule has 2 aromatic rings. The van der Waals surface area contributed by atoms with Crippen LogP contribution in [0.15, 0.2) is 60.7 Å². The van der Waals surface area contributed by atoms with Crippen LogP contribution in [0.2, 0.25) is 0 Å². The number of nitrogens with zero attached hydrogens (tertiary/aromatic N) is 2. The van der Waals surface area contributed by atoms with Crippen molar-refractivity contribution in [3.05, 3.63) is 71.8 Å². The number of nitrogens with one attached hydrogen (secondary N) is 4. The van der Waals surface area contributed by atoms with Crippen molar-refractivity contribution in [1.29, 1.82) is 0 Å². The smallest absolute Gasteiger partial charge is 0.408 e. The molecule has 2 aromatic carbocycles. The standard InChI is InChI=1S/C22H29N3O6.C20H25N3O5/c1-15(26)23-18-13-22(30-11-12-31-22)9-7-19(18)25-10-8-17(20(25)27)24-21(28)29-14-16-5-3-2-4-6-16;1-13(24)21-17-11-15(25)7-8-18(17)23-10-9-16(19(23)26)22-20(27)28-12-14-5-3-2-4-6-14/h2-6,17-19H,7-14H2,1H3,(H,23,26)(H,24,28);2-6,16-18H,7-12H2,1H3,(H,21,24)(H,22,27)/t17-,18+,19?;16-,17+,18?/m00/s1. The minimum Gasteiger partial charge on any atom is -0.445 e. The maximum absolute atomic E-state index is 13.0. The molecule has 2 aliphatic carbocycles. The highest BCUT2D eigenvalue weighted by Crippen LogP contribution is 2.38. The second-order valence-corrected chi connectivity index (χ2v) is 15.5. The molecule has 1 spiro atoms. The number of ether oxygens (including phenoxy) is 4. The Hall–Kier alpha value is -5.55. The molecular formula is C42H54N6O11. The Morgan fingerprint density at radius 1 is 0.661 bits per heavy atom. The Morgan fingerprint density at radius 3 is 1.63 bits per heavy atom. The average molecular weight is 819 g/mol. The third kappa shape index (κ3) is 11.6. The molecule has 17 nitrogen and oxygen atoms in total. The van der Waals surface area contributed by atoms with E-state index in [1.54, 1.807) is 9.80 Å². The third-order valence-corrected chi connectivity index (χ3v) is 11.3. The summed E-state index contributed by atoms with van der Waals surface area (Å²) < 4.78 is 22.1. The summed E-state index contributed by atoms with van der Waals surface area (Å²) >= 11 is 0. The summed E-state index contributed by atoms with van der Waals surface area (Å²) in [6.45, 7) is 5.20. The Kier molecular flexibility index (Phi) is 14.5. The minimum atomic E-state index is -0.675. The Morgan fingerprint density at radius 2 is 1.14 bits per heavy atom. The number of rotatable bonds is 10. The van der Waals surface area contributed by atoms with Gasteiger partial charge in [0.25, 0.3) is 0 Å². The van der Waals surface area contributed by atoms with Crippen LogP contribution in [-0.4, -0.2) is 120 Å². The van der Waals surface area contributed by atoms with Gasteiger partial charge in [0.2, 0.25) is 23.6 Å². The van der Waals surface area contributed by atoms with Gasteiger partial charge in [0, 0.05) is 52.6 Å². The summed E-state index contributed by atoms with van der Waals surface area (Å²) in [6.07, 6.45) is 2.67. The van der Waals surface area contributed by atoms with Crippen molar-refractivity contribution in [2.75, 3.05) is 26.3 Å². The predicted molar refractivity (Wildman–Crippen MR) is 210 cm³/mol. The van der Waals surface area contributed by atoms with E-state index in [1.807, 2.05) is 60.7 Å². The van der Waals surface area contributed by atoms with E-state index in [2.05, 4.69) is 21.3 Å². The lowest BCUT2D eigenvalue weighted by atomic mass is 9.84. The molecule has 17 heteroatoms. The number of carbonyl (C=O) groups is 7. The van der Waals surface area contributed by atoms with Gasteiger partial charge in [0.05, 0.1) is 37.4 Å². The number of Topliss-reactive ketones (excluding diaryl/α,β-unsaturated/α-hetero) is 1. The van der Waals surface area contributed by atoms with Gasteiger partial charge < -0.3 is 50.0 Å². The lowest BCUT2D eigenvalue weighted by molar-refractivity contribution is -0.191. The lowest BCUT2D eigenvalue weighted by Crippen LogP contribution is -2.59. The molecule has 7 rings (SSSR count). The molecule has 2 unspecified atom stereocenters. The fraction of sp³-hybridized carbons (Fsp3) is 0.548. The first-order valence-corrected chi connectivity index (χ1v) is 20.3. The van der Waals surface area contributed by atoms with Gasteiger partial charge >= 0.3 is 12.2 Å². The van der Waals surface area contributed by atoms with Crippen LogP contribution in [0.25, 0.3) is 0 Å². The first-order valence-electron chi connectivity index (χ1n) is 20.3. The zero-order valence-electron chi connectivity index (χ0n) is 33.5. The molecule has 0 aromatic heterocycles. The van der Waals surface area contributed by atoms with Gasteiger partial charge in [0.15, 0.2) is 5.79 Å². The highest BCUT2D eigenvalue weighted by molar-refractivity contribution is 5.89. The number of carbonyl (C=O) groups excluding carboxylic acids is 7. The first-order chi connectivity index (χ1) is 28.4. The number of benzene rings is 2. The number of hydrogen-bond acceptors (Lipinski definition) is 11. The van der Waals surface area contributed by atoms with Crippen molar-refractivity contribution in [3.63, 3.8) is 0 Å². The highest BCUT2D eigenvalue weighted by Gasteiger charge is 2.50. The fourth-order valence-electron chi connectivity index (χ4n) is 8.60. The average Bonchev–Trinajstić information content (AvgIpc) is 3.92. The lowest BCUT2D eigenvalue weighted by Gasteiger charge is -2.44. The van der Waals surface area contributed by atoms with E-state index in [9.17, 15) is 33.6 Å². The SMILES string of the molecule is CC(=O)N[C@@H]1CC(=O)CCC1N1CC[C@H](NC(=O)OCc2ccccc2)C1=O.CC(=O)N[C@@H]1CC2(CCC1N1CC[C@H](NC(=O)OCc3ccccc3)C1=O)OCCO2. The molecule has 2 saturated carbocycles. The number of ketones is 1. The number of alkyl carbamates (subject to hydrolysis) is 2. The van der Waals surface area contributed by atoms with Gasteiger partial charge in [-0.15, -0.1) is 0 Å². The number of hydrogen-bond donors (Lipinski definition) is 4. The molecule has 6 atom stereocenters. The van der Waals surface area contributed by atoms with Crippen molar-refractivity contribution in [2.24, 2.45) is 0 Å². The van der Waals surface area contributed by atoms with Crippen LogP contribution in [0.5, 0.6) is 0 Å². The zero-order valence-corrected chi connectivity index (χ0v) is 33.5. The summed E-state index contributed by atoms with van der Waals surface area (Å²) in [5, 5.41) is 11.1. The molecular weight excluding hydrogens is 764 g/mol. The second-order valence-electron chi connectivity index (χ2n) is 15.5. The van der Waals surface area contributed by atoms with Gasteiger partial charge in [0.1, 0.15) is 31.1 Å². The van der Waals surface area contributed by atoms with Gasteiger partial charge in [-0.1, -0.05) is 60.7 Å². The molecule has 3 heterocycles. The predicted octanol–water partition coefficient (Wildman–Crippen LogP) is 2.45. The van der Waals surface area contributed by atoms with Crippen LogP contribution in [0.4, 0.5) is 9.59 Å². The quantitative estimate of drug-likeness (QED) is 0.274. The molecule has 3 aliphatic heterocycles. The van der Waals surface area contributed by atoms with Crippen LogP contribution in [-0.2, 0) is 56.1 Å². The molecule has 0 radical (unpaired) electrons. The largest absolute Gasteiger partial charge is 0.445 e. The molecule has 0 bridgehead atoms. The summed E-state index contributed by atoms with van der Waals surface area (Å²) in [4.78, 5) is 88.5. The van der Waals surface area contributed by atoms with Crippen LogP contribution in [0, 0.1) is 0 Å². The maximum Gasteiger partial charge on any atom is 0.408 e. The van der Waals surface area contributed by atoms with E-state index in [-0.39, 0.29) is 73.2 Å². The van der Waals surface area contributed by atoms with E-state index < -0.39 is 30.1 Å². The third-order valence-electron chi connectivity index (χ3n) is 11.3. The topological polar surface area (TPSA) is 211 Å². The van der Waals surface area contributed by atoms with Crippen molar-refractivity contribution < 1.29 is 52.5 Å². The molecule has 5 fully saturated rings. The van der Waals surface area contributed by atoms with E-state index in [0.29, 0.717) is 71.2 Å². The van der Waals surface area contributed by atoms with Crippen LogP contribution in [0.1, 0.15) is 76.3 Å². The molecule has 6 amide bonds. The van der Waals surface area contributed by atoms with E-state index in [1.165, 1.54) is 13.8 Å². The summed E-state index contributed by atoms with van der Waals surface area (Å²) in [5.41, 5.74) is 1.74. The van der Waals surface area contributed by atoms with Crippen LogP contribution < -0.4 is 21.3 Å². The van der Waals surface area contributed by atoms with E-state index in [4.69, 9.17) is 18.9 Å². The second kappa shape index (κ2) is 19.9. The van der Waals surface area contributed by atoms with Gasteiger partial charge in [-0.05, 0) is 36.8 Å². The van der Waals surface area contributed by atoms with Gasteiger partial charge in [-0.25, -0.2) is 9.59 Å². The summed E-state index contributed by atoms with van der Waals surface area (Å²) in [6, 6.07) is 16.3. The summed E-state index contributed by atoms with van der Waals surface area (Å²) in [7, 11) is 0. The zero-order chi connectivity index (χ0) is 41.9. The maximum atomic E-state index is 13.0. The minimum absolute atomic E-state index is 0.0841. The molecule has 4 N–H and O–H groups in total. The van der Waals surface area contributed by atoms with Crippen molar-refractivity contribution in [1.82, 2.24) is 31.1 Å². The van der Waals surface area contributed by atoms with Gasteiger partial charge in [-0.3, -0.25) is 24.0 Å². The number of likely N-dealkylation sites (tertiary alicyclic amines) is 2. The summed E-state index contributed by atoms with van der Waals surface area (Å²) in [5.74, 6) is -1.33. The Balaban J connectivity index is 0.000000199. The molecule has 318 valence electrons. The number of amides is 6. The van der Waals surface area contributed by atoms with E-state index >= 15 is 0 Å². The monoisotopic (exact) mass is 818 g/mol. The normalized spacial score (nSPS) is 26.1. The Bertz CT molecular complexity index is 1820. The van der Waals surface area contributed by atoms with Crippen LogP contribution >= 0.6 is 0 Å². The van der Waals surface area contributed by atoms with Crippen molar-refractivity contribution in [3.8, 4) is 0 Å². The van der Waals surface area contributed by atoms with Crippen LogP contribution in [0.3, 0.4) is 0 Å². The van der Waals surface area contributed by atoms with Crippen molar-refractivity contribution in [2.45, 2.75) is 120 Å². The molecule has 3 saturated heterocycles. The van der Waals surface area contributed by atoms with E-state index in [0.717, 1.165) is 11.1 Å². The van der Waals surface area contributed by atoms with Gasteiger partial charge in [-0.2, -0.15) is 0 Å². The molecule has 59 heavy (non-hydrogen) atoms.